The fraction of sp³-hybridized carbons (Fsp3) is 0.952. The van der Waals surface area contributed by atoms with Gasteiger partial charge in [-0.3, -0.25) is 0 Å². The van der Waals surface area contributed by atoms with E-state index >= 15 is 0 Å². The lowest BCUT2D eigenvalue weighted by atomic mass is 9.73. The van der Waals surface area contributed by atoms with Crippen LogP contribution < -0.4 is 0 Å². The average Bonchev–Trinajstić information content (AvgIpc) is 2.55. The molecule has 1 fully saturated rings. The molecule has 0 unspecified atom stereocenters. The molecule has 1 aliphatic rings. The summed E-state index contributed by atoms with van der Waals surface area (Å²) in [5, 5.41) is 10.2. The summed E-state index contributed by atoms with van der Waals surface area (Å²) in [7, 11) is 0. The first kappa shape index (κ1) is 23.2. The van der Waals surface area contributed by atoms with Gasteiger partial charge >= 0.3 is 6.16 Å². The molecule has 0 aromatic heterocycles. The van der Waals surface area contributed by atoms with Gasteiger partial charge in [0.1, 0.15) is 0 Å². The Hall–Kier alpha value is -0.810. The van der Waals surface area contributed by atoms with Crippen LogP contribution in [0.2, 0.25) is 0 Å². The molecule has 1 saturated heterocycles. The van der Waals surface area contributed by atoms with Crippen molar-refractivity contribution in [3.63, 3.8) is 0 Å². The Morgan fingerprint density at radius 3 is 2.08 bits per heavy atom. The van der Waals surface area contributed by atoms with Crippen LogP contribution in [0.1, 0.15) is 98.8 Å². The molecule has 0 bridgehead atoms. The highest BCUT2D eigenvalue weighted by Crippen LogP contribution is 2.40. The molecule has 1 rings (SSSR count). The van der Waals surface area contributed by atoms with Gasteiger partial charge in [-0.15, -0.1) is 5.06 Å². The van der Waals surface area contributed by atoms with Crippen LogP contribution in [0, 0.1) is 5.41 Å². The van der Waals surface area contributed by atoms with Crippen LogP contribution in [0.25, 0.3) is 0 Å². The number of ether oxygens (including phenoxy) is 1. The second kappa shape index (κ2) is 11.1. The summed E-state index contributed by atoms with van der Waals surface area (Å²) < 4.78 is 6.48. The van der Waals surface area contributed by atoms with Crippen LogP contribution in [0.4, 0.5) is 4.79 Å². The second-order valence-electron chi connectivity index (χ2n) is 8.87. The largest absolute Gasteiger partial charge is 0.525 e. The molecule has 0 aromatic carbocycles. The molecule has 154 valence electrons. The van der Waals surface area contributed by atoms with Crippen LogP contribution >= 0.6 is 0 Å². The van der Waals surface area contributed by atoms with Crippen LogP contribution in [0.3, 0.4) is 0 Å². The van der Waals surface area contributed by atoms with Gasteiger partial charge in [0.05, 0.1) is 11.7 Å². The highest BCUT2D eigenvalue weighted by Gasteiger charge is 2.40. The van der Waals surface area contributed by atoms with Gasteiger partial charge in [0.25, 0.3) is 0 Å². The van der Waals surface area contributed by atoms with E-state index in [1.54, 1.807) is 0 Å². The highest BCUT2D eigenvalue weighted by molar-refractivity contribution is 5.56. The van der Waals surface area contributed by atoms with Gasteiger partial charge in [-0.25, -0.2) is 4.79 Å². The molecular formula is C21H41NO4. The molecule has 0 saturated carbocycles. The molecule has 0 radical (unpaired) electrons. The van der Waals surface area contributed by atoms with E-state index in [1.165, 1.54) is 56.4 Å². The van der Waals surface area contributed by atoms with E-state index in [0.717, 1.165) is 12.8 Å². The molecule has 0 spiro atoms. The Labute approximate surface area is 160 Å². The maximum atomic E-state index is 10.6. The molecule has 0 aromatic rings. The minimum absolute atomic E-state index is 0.116. The highest BCUT2D eigenvalue weighted by atomic mass is 16.8. The van der Waals surface area contributed by atoms with Gasteiger partial charge in [0, 0.05) is 13.1 Å². The second-order valence-corrected chi connectivity index (χ2v) is 8.87. The average molecular weight is 372 g/mol. The molecule has 26 heavy (non-hydrogen) atoms. The quantitative estimate of drug-likeness (QED) is 0.425. The van der Waals surface area contributed by atoms with Crippen molar-refractivity contribution < 1.29 is 19.5 Å². The number of hydrogen-bond acceptors (Lipinski definition) is 4. The van der Waals surface area contributed by atoms with Gasteiger partial charge in [-0.2, -0.15) is 0 Å². The van der Waals surface area contributed by atoms with Crippen molar-refractivity contribution >= 4 is 6.16 Å². The predicted octanol–water partition coefficient (Wildman–Crippen LogP) is 6.02. The minimum Gasteiger partial charge on any atom is -0.448 e. The first-order chi connectivity index (χ1) is 12.2. The van der Waals surface area contributed by atoms with Crippen molar-refractivity contribution in [2.75, 3.05) is 13.1 Å². The van der Waals surface area contributed by atoms with E-state index in [-0.39, 0.29) is 17.1 Å². The smallest absolute Gasteiger partial charge is 0.448 e. The maximum Gasteiger partial charge on any atom is 0.525 e. The number of unbranched alkanes of at least 4 members (excludes halogenated alkanes) is 6. The van der Waals surface area contributed by atoms with Gasteiger partial charge in [0.2, 0.25) is 0 Å². The number of carboxylic acid groups (broad SMARTS) is 1. The first-order valence-corrected chi connectivity index (χ1v) is 10.5. The number of hydroxylamine groups is 2. The lowest BCUT2D eigenvalue weighted by Gasteiger charge is -2.45. The molecule has 0 amide bonds. The Bertz CT molecular complexity index is 401. The zero-order valence-corrected chi connectivity index (χ0v) is 17.7. The van der Waals surface area contributed by atoms with Crippen LogP contribution in [-0.4, -0.2) is 41.1 Å². The summed E-state index contributed by atoms with van der Waals surface area (Å²) in [6, 6.07) is 0. The van der Waals surface area contributed by atoms with Gasteiger partial charge in [-0.05, 0) is 38.5 Å². The molecule has 1 N–H and O–H groups in total. The van der Waals surface area contributed by atoms with Crippen LogP contribution in [-0.2, 0) is 9.57 Å². The standard InChI is InChI=1S/C21H41NO4/c1-6-7-8-9-10-11-12-15-20(2,3)21(4,5)25-18-13-16-22(17-14-18)26-19(23)24/h18H,6-17H2,1-5H3,(H,23,24). The normalized spacial score (nSPS) is 17.4. The third-order valence-corrected chi connectivity index (χ3v) is 6.10. The monoisotopic (exact) mass is 371 g/mol. The lowest BCUT2D eigenvalue weighted by molar-refractivity contribution is -0.186. The molecule has 1 aliphatic heterocycles. The summed E-state index contributed by atoms with van der Waals surface area (Å²) >= 11 is 0. The summed E-state index contributed by atoms with van der Waals surface area (Å²) in [6.07, 6.45) is 11.1. The number of piperidine rings is 1. The van der Waals surface area contributed by atoms with E-state index in [2.05, 4.69) is 34.6 Å². The van der Waals surface area contributed by atoms with E-state index in [0.29, 0.717) is 13.1 Å². The van der Waals surface area contributed by atoms with Gasteiger partial charge in [0.15, 0.2) is 0 Å². The number of hydrogen-bond donors (Lipinski definition) is 1. The van der Waals surface area contributed by atoms with Crippen molar-refractivity contribution in [3.05, 3.63) is 0 Å². The summed E-state index contributed by atoms with van der Waals surface area (Å²) in [6.45, 7) is 12.5. The van der Waals surface area contributed by atoms with Crippen molar-refractivity contribution in [2.45, 2.75) is 111 Å². The van der Waals surface area contributed by atoms with E-state index in [9.17, 15) is 4.79 Å². The molecular weight excluding hydrogens is 330 g/mol. The first-order valence-electron chi connectivity index (χ1n) is 10.5. The fourth-order valence-corrected chi connectivity index (χ4v) is 3.55. The Morgan fingerprint density at radius 2 is 1.54 bits per heavy atom. The van der Waals surface area contributed by atoms with Gasteiger partial charge in [-0.1, -0.05) is 65.7 Å². The Morgan fingerprint density at radius 1 is 1.00 bits per heavy atom. The third kappa shape index (κ3) is 8.26. The van der Waals surface area contributed by atoms with E-state index in [4.69, 9.17) is 14.7 Å². The topological polar surface area (TPSA) is 59.0 Å². The maximum absolute atomic E-state index is 10.6. The van der Waals surface area contributed by atoms with E-state index in [1.807, 2.05) is 0 Å². The van der Waals surface area contributed by atoms with E-state index < -0.39 is 6.16 Å². The Balaban J connectivity index is 2.32. The zero-order valence-electron chi connectivity index (χ0n) is 17.7. The van der Waals surface area contributed by atoms with Crippen molar-refractivity contribution in [1.82, 2.24) is 5.06 Å². The predicted molar refractivity (Wildman–Crippen MR) is 105 cm³/mol. The number of carbonyl (C=O) groups is 1. The van der Waals surface area contributed by atoms with Gasteiger partial charge < -0.3 is 14.7 Å². The summed E-state index contributed by atoms with van der Waals surface area (Å²) in [5.74, 6) is 0. The number of nitrogens with zero attached hydrogens (tertiary/aromatic N) is 1. The molecule has 0 atom stereocenters. The van der Waals surface area contributed by atoms with Crippen molar-refractivity contribution in [3.8, 4) is 0 Å². The summed E-state index contributed by atoms with van der Waals surface area (Å²) in [5.41, 5.74) is -0.0825. The SMILES string of the molecule is CCCCCCCCCC(C)(C)C(C)(C)OC1CCN(OC(=O)O)CC1. The molecule has 0 aliphatic carbocycles. The third-order valence-electron chi connectivity index (χ3n) is 6.10. The fourth-order valence-electron chi connectivity index (χ4n) is 3.55. The van der Waals surface area contributed by atoms with Crippen molar-refractivity contribution in [2.24, 2.45) is 5.41 Å². The molecule has 5 nitrogen and oxygen atoms in total. The molecule has 1 heterocycles. The van der Waals surface area contributed by atoms with Crippen LogP contribution in [0.15, 0.2) is 0 Å². The Kier molecular flexibility index (Phi) is 9.94. The van der Waals surface area contributed by atoms with Crippen LogP contribution in [0.5, 0.6) is 0 Å². The lowest BCUT2D eigenvalue weighted by Crippen LogP contribution is -2.47. The van der Waals surface area contributed by atoms with Crippen molar-refractivity contribution in [1.29, 1.82) is 0 Å². The zero-order chi connectivity index (χ0) is 19.6. The summed E-state index contributed by atoms with van der Waals surface area (Å²) in [4.78, 5) is 15.3. The molecule has 5 heteroatoms. The number of rotatable bonds is 12. The minimum atomic E-state index is -1.24.